The number of carbonyl (C=O) groups excluding carboxylic acids is 2. The minimum atomic E-state index is -3.25. The average Bonchev–Trinajstić information content (AvgIpc) is 3.21. The van der Waals surface area contributed by atoms with Crippen molar-refractivity contribution in [1.29, 1.82) is 0 Å². The molecule has 0 saturated carbocycles. The van der Waals surface area contributed by atoms with E-state index in [1.54, 1.807) is 36.4 Å². The molecule has 2 aliphatic heterocycles. The highest BCUT2D eigenvalue weighted by molar-refractivity contribution is 7.90. The summed E-state index contributed by atoms with van der Waals surface area (Å²) in [7, 11) is -1.23. The summed E-state index contributed by atoms with van der Waals surface area (Å²) in [5.41, 5.74) is 1.79. The maximum atomic E-state index is 13.0. The first-order valence-corrected chi connectivity index (χ1v) is 14.0. The number of sulfone groups is 1. The molecule has 36 heavy (non-hydrogen) atoms. The number of nitrogens with zero attached hydrogens (tertiary/aromatic N) is 2. The van der Waals surface area contributed by atoms with E-state index in [4.69, 9.17) is 0 Å². The van der Waals surface area contributed by atoms with Crippen LogP contribution in [0.5, 0.6) is 0 Å². The lowest BCUT2D eigenvalue weighted by molar-refractivity contribution is -0.126. The molecule has 0 aromatic heterocycles. The van der Waals surface area contributed by atoms with Crippen LogP contribution in [0.1, 0.15) is 30.4 Å². The van der Waals surface area contributed by atoms with Crippen molar-refractivity contribution >= 4 is 21.7 Å². The fourth-order valence-electron chi connectivity index (χ4n) is 5.09. The molecule has 0 radical (unpaired) electrons. The Morgan fingerprint density at radius 2 is 1.78 bits per heavy atom. The number of halogens is 1. The lowest BCUT2D eigenvalue weighted by Gasteiger charge is -2.33. The van der Waals surface area contributed by atoms with Crippen molar-refractivity contribution in [3.63, 3.8) is 0 Å². The Hall–Kier alpha value is -2.82. The zero-order valence-corrected chi connectivity index (χ0v) is 21.4. The minimum Gasteiger partial charge on any atom is -0.353 e. The van der Waals surface area contributed by atoms with Gasteiger partial charge in [0.15, 0.2) is 9.84 Å². The Labute approximate surface area is 211 Å². The quantitative estimate of drug-likeness (QED) is 0.554. The van der Waals surface area contributed by atoms with Crippen molar-refractivity contribution in [3.8, 4) is 0 Å². The molecule has 3 atom stereocenters. The number of hydrogen-bond donors (Lipinski definition) is 2. The maximum Gasteiger partial charge on any atom is 0.239 e. The van der Waals surface area contributed by atoms with Crippen LogP contribution in [0.3, 0.4) is 0 Å². The second-order valence-corrected chi connectivity index (χ2v) is 11.7. The van der Waals surface area contributed by atoms with Crippen molar-refractivity contribution in [1.82, 2.24) is 20.4 Å². The van der Waals surface area contributed by atoms with E-state index in [0.717, 1.165) is 24.1 Å². The molecular formula is C26H33FN4O4S. The van der Waals surface area contributed by atoms with E-state index in [1.165, 1.54) is 18.4 Å². The highest BCUT2D eigenvalue weighted by Crippen LogP contribution is 2.28. The number of nitrogens with one attached hydrogen (secondary N) is 2. The summed E-state index contributed by atoms with van der Waals surface area (Å²) < 4.78 is 36.5. The molecule has 2 aliphatic rings. The van der Waals surface area contributed by atoms with E-state index in [1.807, 2.05) is 7.05 Å². The van der Waals surface area contributed by atoms with Crippen molar-refractivity contribution in [3.05, 3.63) is 65.5 Å². The van der Waals surface area contributed by atoms with Gasteiger partial charge in [-0.2, -0.15) is 0 Å². The fraction of sp³-hybridized carbons (Fsp3) is 0.462. The molecule has 194 valence electrons. The lowest BCUT2D eigenvalue weighted by Crippen LogP contribution is -2.49. The number of likely N-dealkylation sites (tertiary alicyclic amines) is 1. The number of rotatable bonds is 8. The molecule has 0 bridgehead atoms. The molecule has 0 spiro atoms. The van der Waals surface area contributed by atoms with E-state index in [0.29, 0.717) is 32.5 Å². The Bertz CT molecular complexity index is 1190. The number of hydrogen-bond acceptors (Lipinski definition) is 6. The first-order valence-electron chi connectivity index (χ1n) is 12.2. The number of amides is 2. The third-order valence-electron chi connectivity index (χ3n) is 7.19. The molecule has 2 fully saturated rings. The van der Waals surface area contributed by atoms with Gasteiger partial charge in [-0.05, 0) is 55.3 Å². The molecule has 2 heterocycles. The summed E-state index contributed by atoms with van der Waals surface area (Å²) in [5, 5.41) is 5.94. The Morgan fingerprint density at radius 3 is 2.44 bits per heavy atom. The van der Waals surface area contributed by atoms with E-state index in [2.05, 4.69) is 20.4 Å². The van der Waals surface area contributed by atoms with E-state index in [-0.39, 0.29) is 40.7 Å². The number of benzene rings is 2. The molecule has 2 aromatic carbocycles. The van der Waals surface area contributed by atoms with E-state index >= 15 is 0 Å². The average molecular weight is 517 g/mol. The van der Waals surface area contributed by atoms with Crippen LogP contribution in [0.25, 0.3) is 0 Å². The minimum absolute atomic E-state index is 0.0135. The van der Waals surface area contributed by atoms with Crippen LogP contribution < -0.4 is 10.6 Å². The van der Waals surface area contributed by atoms with Gasteiger partial charge in [-0.1, -0.05) is 24.3 Å². The summed E-state index contributed by atoms with van der Waals surface area (Å²) in [5.74, 6) is -0.400. The van der Waals surface area contributed by atoms with Gasteiger partial charge in [-0.3, -0.25) is 19.4 Å². The van der Waals surface area contributed by atoms with Gasteiger partial charge in [0.25, 0.3) is 0 Å². The summed E-state index contributed by atoms with van der Waals surface area (Å²) in [4.78, 5) is 30.1. The zero-order chi connectivity index (χ0) is 25.9. The van der Waals surface area contributed by atoms with Crippen molar-refractivity contribution < 1.29 is 22.4 Å². The largest absolute Gasteiger partial charge is 0.353 e. The normalized spacial score (nSPS) is 23.1. The smallest absolute Gasteiger partial charge is 0.239 e. The van der Waals surface area contributed by atoms with Crippen molar-refractivity contribution in [2.24, 2.45) is 0 Å². The summed E-state index contributed by atoms with van der Waals surface area (Å²) >= 11 is 0. The Morgan fingerprint density at radius 1 is 1.11 bits per heavy atom. The second-order valence-electron chi connectivity index (χ2n) is 9.69. The lowest BCUT2D eigenvalue weighted by atomic mass is 10.0. The number of likely N-dealkylation sites (N-methyl/N-ethyl adjacent to an activating group) is 1. The highest BCUT2D eigenvalue weighted by Gasteiger charge is 2.44. The zero-order valence-electron chi connectivity index (χ0n) is 20.6. The standard InChI is InChI=1S/C26H33FN4O4S/c1-30-21(9-12-24(32)28-15-18-3-7-20(27)8-4-18)16-29-26(33)25-23(30)13-14-31(25)17-19-5-10-22(11-6-19)36(2,34)35/h3-8,10-11,21,23,25H,9,12-17H2,1-2H3,(H,28,32)(H,29,33). The maximum absolute atomic E-state index is 13.0. The van der Waals surface area contributed by atoms with Crippen molar-refractivity contribution in [2.75, 3.05) is 26.4 Å². The summed E-state index contributed by atoms with van der Waals surface area (Å²) in [6.45, 7) is 2.14. The molecule has 4 rings (SSSR count). The molecular weight excluding hydrogens is 483 g/mol. The summed E-state index contributed by atoms with van der Waals surface area (Å²) in [6, 6.07) is 12.6. The van der Waals surface area contributed by atoms with Gasteiger partial charge in [0.1, 0.15) is 11.9 Å². The molecule has 10 heteroatoms. The van der Waals surface area contributed by atoms with Gasteiger partial charge >= 0.3 is 0 Å². The van der Waals surface area contributed by atoms with Crippen LogP contribution in [0.4, 0.5) is 4.39 Å². The SMILES string of the molecule is CN1C(CCC(=O)NCc2ccc(F)cc2)CNC(=O)C2C1CCN2Cc1ccc(S(C)(=O)=O)cc1. The van der Waals surface area contributed by atoms with Gasteiger partial charge in [0, 0.05) is 50.9 Å². The topological polar surface area (TPSA) is 98.8 Å². The van der Waals surface area contributed by atoms with Gasteiger partial charge in [0.2, 0.25) is 11.8 Å². The van der Waals surface area contributed by atoms with Crippen LogP contribution in [0.15, 0.2) is 53.4 Å². The van der Waals surface area contributed by atoms with E-state index < -0.39 is 9.84 Å². The van der Waals surface area contributed by atoms with Crippen LogP contribution >= 0.6 is 0 Å². The van der Waals surface area contributed by atoms with E-state index in [9.17, 15) is 22.4 Å². The molecule has 3 unspecified atom stereocenters. The molecule has 0 aliphatic carbocycles. The van der Waals surface area contributed by atoms with Crippen LogP contribution in [0, 0.1) is 5.82 Å². The third-order valence-corrected chi connectivity index (χ3v) is 8.32. The van der Waals surface area contributed by atoms with Crippen LogP contribution in [-0.4, -0.2) is 74.6 Å². The Kier molecular flexibility index (Phi) is 8.07. The number of fused-ring (bicyclic) bond motifs is 1. The predicted octanol–water partition coefficient (Wildman–Crippen LogP) is 1.70. The third kappa shape index (κ3) is 6.29. The first kappa shape index (κ1) is 26.2. The number of carbonyl (C=O) groups is 2. The van der Waals surface area contributed by atoms with Gasteiger partial charge in [-0.15, -0.1) is 0 Å². The van der Waals surface area contributed by atoms with Gasteiger partial charge in [-0.25, -0.2) is 12.8 Å². The van der Waals surface area contributed by atoms with Crippen molar-refractivity contribution in [2.45, 2.75) is 55.4 Å². The Balaban J connectivity index is 1.32. The van der Waals surface area contributed by atoms with Gasteiger partial charge < -0.3 is 10.6 Å². The van der Waals surface area contributed by atoms with Gasteiger partial charge in [0.05, 0.1) is 4.90 Å². The highest BCUT2D eigenvalue weighted by atomic mass is 32.2. The monoisotopic (exact) mass is 516 g/mol. The molecule has 2 N–H and O–H groups in total. The second kappa shape index (κ2) is 11.1. The van der Waals surface area contributed by atoms with Crippen LogP contribution in [-0.2, 0) is 32.5 Å². The summed E-state index contributed by atoms with van der Waals surface area (Å²) in [6.07, 6.45) is 2.97. The molecule has 2 saturated heterocycles. The van der Waals surface area contributed by atoms with Crippen LogP contribution in [0.2, 0.25) is 0 Å². The first-order chi connectivity index (χ1) is 17.1. The molecule has 8 nitrogen and oxygen atoms in total. The molecule has 2 amide bonds. The predicted molar refractivity (Wildman–Crippen MR) is 134 cm³/mol. The fourth-order valence-corrected chi connectivity index (χ4v) is 5.72. The molecule has 2 aromatic rings.